The summed E-state index contributed by atoms with van der Waals surface area (Å²) < 4.78 is 27.7. The molecule has 1 aromatic heterocycles. The van der Waals surface area contributed by atoms with Crippen molar-refractivity contribution in [2.24, 2.45) is 5.73 Å². The number of hydrogen-bond acceptors (Lipinski definition) is 4. The fourth-order valence-electron chi connectivity index (χ4n) is 2.33. The predicted molar refractivity (Wildman–Crippen MR) is 105 cm³/mol. The minimum absolute atomic E-state index is 0.109. The van der Waals surface area contributed by atoms with Gasteiger partial charge in [-0.05, 0) is 42.8 Å². The first kappa shape index (κ1) is 18.4. The van der Waals surface area contributed by atoms with Gasteiger partial charge in [0.1, 0.15) is 4.88 Å². The van der Waals surface area contributed by atoms with Gasteiger partial charge in [0.2, 0.25) is 0 Å². The van der Waals surface area contributed by atoms with E-state index in [0.717, 1.165) is 22.5 Å². The van der Waals surface area contributed by atoms with Crippen molar-refractivity contribution in [1.29, 1.82) is 0 Å². The number of thiophene rings is 1. The normalized spacial score (nSPS) is 11.3. The molecule has 3 rings (SSSR count). The van der Waals surface area contributed by atoms with E-state index in [1.165, 1.54) is 12.1 Å². The first-order valence-corrected chi connectivity index (χ1v) is 10.2. The van der Waals surface area contributed by atoms with Crippen molar-refractivity contribution in [2.75, 3.05) is 4.72 Å². The number of amides is 1. The van der Waals surface area contributed by atoms with E-state index in [-0.39, 0.29) is 15.5 Å². The zero-order valence-corrected chi connectivity index (χ0v) is 16.1. The zero-order chi connectivity index (χ0) is 18.9. The Bertz CT molecular complexity index is 1060. The van der Waals surface area contributed by atoms with Gasteiger partial charge >= 0.3 is 0 Å². The zero-order valence-electron chi connectivity index (χ0n) is 13.7. The van der Waals surface area contributed by atoms with E-state index in [9.17, 15) is 13.2 Å². The van der Waals surface area contributed by atoms with Gasteiger partial charge < -0.3 is 5.73 Å². The van der Waals surface area contributed by atoms with Crippen LogP contribution in [0.2, 0.25) is 5.02 Å². The van der Waals surface area contributed by atoms with Crippen molar-refractivity contribution in [3.05, 3.63) is 70.1 Å². The summed E-state index contributed by atoms with van der Waals surface area (Å²) in [5, 5.41) is 0.584. The number of carbonyl (C=O) groups excluding carboxylic acids is 1. The first-order chi connectivity index (χ1) is 12.3. The van der Waals surface area contributed by atoms with Gasteiger partial charge in [-0.1, -0.05) is 41.4 Å². The van der Waals surface area contributed by atoms with Gasteiger partial charge in [0.15, 0.2) is 0 Å². The smallest absolute Gasteiger partial charge is 0.261 e. The molecule has 0 aliphatic carbocycles. The van der Waals surface area contributed by atoms with E-state index in [0.29, 0.717) is 9.90 Å². The molecule has 3 N–H and O–H groups in total. The quantitative estimate of drug-likeness (QED) is 0.662. The molecule has 0 spiro atoms. The fraction of sp³-hybridized carbons (Fsp3) is 0.0556. The van der Waals surface area contributed by atoms with Crippen LogP contribution in [0.15, 0.2) is 59.5 Å². The van der Waals surface area contributed by atoms with Crippen molar-refractivity contribution < 1.29 is 13.2 Å². The third kappa shape index (κ3) is 3.90. The number of nitrogens with two attached hydrogens (primary N) is 1. The lowest BCUT2D eigenvalue weighted by atomic mass is 10.2. The second kappa shape index (κ2) is 7.11. The summed E-state index contributed by atoms with van der Waals surface area (Å²) in [6, 6.07) is 15.0. The van der Waals surface area contributed by atoms with E-state index in [1.54, 1.807) is 42.5 Å². The molecular formula is C18H15ClN2O3S2. The number of halogens is 1. The van der Waals surface area contributed by atoms with Crippen LogP contribution >= 0.6 is 22.9 Å². The average molecular weight is 407 g/mol. The Morgan fingerprint density at radius 3 is 2.27 bits per heavy atom. The lowest BCUT2D eigenvalue weighted by molar-refractivity contribution is 0.100. The van der Waals surface area contributed by atoms with Gasteiger partial charge in [-0.2, -0.15) is 0 Å². The number of carbonyl (C=O) groups is 1. The van der Waals surface area contributed by atoms with Crippen LogP contribution in [0.25, 0.3) is 10.4 Å². The van der Waals surface area contributed by atoms with Crippen LogP contribution in [0.1, 0.15) is 15.2 Å². The monoisotopic (exact) mass is 406 g/mol. The lowest BCUT2D eigenvalue weighted by Crippen LogP contribution is -2.16. The van der Waals surface area contributed by atoms with Crippen LogP contribution in [-0.4, -0.2) is 14.3 Å². The van der Waals surface area contributed by atoms with E-state index in [2.05, 4.69) is 4.72 Å². The fourth-order valence-corrected chi connectivity index (χ4v) is 4.55. The van der Waals surface area contributed by atoms with Gasteiger partial charge in [0.05, 0.1) is 10.6 Å². The molecule has 5 nitrogen and oxygen atoms in total. The van der Waals surface area contributed by atoms with E-state index in [1.807, 2.05) is 6.92 Å². The van der Waals surface area contributed by atoms with Crippen LogP contribution in [0.3, 0.4) is 0 Å². The maximum Gasteiger partial charge on any atom is 0.261 e. The standard InChI is InChI=1S/C18H15ClN2O3S2/c1-11-2-8-14(9-3-11)26(23,24)21-15-10-16(25-17(15)18(20)22)12-4-6-13(19)7-5-12/h2-10,21H,1H3,(H2,20,22). The minimum Gasteiger partial charge on any atom is -0.365 e. The van der Waals surface area contributed by atoms with Crippen molar-refractivity contribution in [1.82, 2.24) is 0 Å². The highest BCUT2D eigenvalue weighted by molar-refractivity contribution is 7.92. The van der Waals surface area contributed by atoms with Gasteiger partial charge in [-0.3, -0.25) is 9.52 Å². The molecule has 0 saturated heterocycles. The number of rotatable bonds is 5. The summed E-state index contributed by atoms with van der Waals surface area (Å²) in [5.41, 5.74) is 7.34. The molecule has 0 unspecified atom stereocenters. The second-order valence-corrected chi connectivity index (χ2v) is 8.81. The van der Waals surface area contributed by atoms with Crippen molar-refractivity contribution in [3.63, 3.8) is 0 Å². The van der Waals surface area contributed by atoms with Gasteiger partial charge in [0, 0.05) is 9.90 Å². The molecule has 0 radical (unpaired) electrons. The molecule has 8 heteroatoms. The molecule has 1 amide bonds. The molecule has 0 atom stereocenters. The summed E-state index contributed by atoms with van der Waals surface area (Å²) in [7, 11) is -3.83. The molecule has 1 heterocycles. The number of hydrogen-bond donors (Lipinski definition) is 2. The average Bonchev–Trinajstić information content (AvgIpc) is 2.99. The summed E-state index contributed by atoms with van der Waals surface area (Å²) in [6.45, 7) is 1.87. The first-order valence-electron chi connectivity index (χ1n) is 7.55. The Hall–Kier alpha value is -2.35. The minimum atomic E-state index is -3.83. The maximum absolute atomic E-state index is 12.6. The Balaban J connectivity index is 2.00. The molecule has 0 saturated carbocycles. The number of primary amides is 1. The van der Waals surface area contributed by atoms with Crippen LogP contribution in [0.5, 0.6) is 0 Å². The molecule has 0 fully saturated rings. The van der Waals surface area contributed by atoms with Crippen LogP contribution in [0, 0.1) is 6.92 Å². The molecule has 0 bridgehead atoms. The predicted octanol–water partition coefficient (Wildman–Crippen LogP) is 4.28. The Morgan fingerprint density at radius 1 is 1.08 bits per heavy atom. The summed E-state index contributed by atoms with van der Waals surface area (Å²) in [5.74, 6) is -0.697. The highest BCUT2D eigenvalue weighted by Gasteiger charge is 2.21. The van der Waals surface area contributed by atoms with Crippen molar-refractivity contribution in [3.8, 4) is 10.4 Å². The summed E-state index contributed by atoms with van der Waals surface area (Å²) in [4.78, 5) is 12.7. The third-order valence-electron chi connectivity index (χ3n) is 3.66. The number of sulfonamides is 1. The number of nitrogens with one attached hydrogen (secondary N) is 1. The van der Waals surface area contributed by atoms with E-state index in [4.69, 9.17) is 17.3 Å². The second-order valence-electron chi connectivity index (χ2n) is 5.64. The largest absolute Gasteiger partial charge is 0.365 e. The highest BCUT2D eigenvalue weighted by Crippen LogP contribution is 2.36. The maximum atomic E-state index is 12.6. The molecule has 134 valence electrons. The van der Waals surface area contributed by atoms with Crippen molar-refractivity contribution >= 4 is 44.6 Å². The number of anilines is 1. The Morgan fingerprint density at radius 2 is 1.69 bits per heavy atom. The van der Waals surface area contributed by atoms with Crippen LogP contribution < -0.4 is 10.5 Å². The van der Waals surface area contributed by atoms with Gasteiger partial charge in [-0.15, -0.1) is 11.3 Å². The Labute approximate surface area is 160 Å². The number of benzene rings is 2. The van der Waals surface area contributed by atoms with E-state index < -0.39 is 15.9 Å². The topological polar surface area (TPSA) is 89.3 Å². The highest BCUT2D eigenvalue weighted by atomic mass is 35.5. The summed E-state index contributed by atoms with van der Waals surface area (Å²) >= 11 is 7.01. The van der Waals surface area contributed by atoms with Crippen molar-refractivity contribution in [2.45, 2.75) is 11.8 Å². The van der Waals surface area contributed by atoms with Gasteiger partial charge in [0.25, 0.3) is 15.9 Å². The molecule has 0 aliphatic rings. The molecule has 2 aromatic carbocycles. The molecule has 3 aromatic rings. The van der Waals surface area contributed by atoms with Gasteiger partial charge in [-0.25, -0.2) is 8.42 Å². The van der Waals surface area contributed by atoms with Crippen LogP contribution in [-0.2, 0) is 10.0 Å². The lowest BCUT2D eigenvalue weighted by Gasteiger charge is -2.08. The molecule has 0 aliphatic heterocycles. The third-order valence-corrected chi connectivity index (χ3v) is 6.49. The Kier molecular flexibility index (Phi) is 5.04. The van der Waals surface area contributed by atoms with E-state index >= 15 is 0 Å². The number of aryl methyl sites for hydroxylation is 1. The molecular weight excluding hydrogens is 392 g/mol. The molecule has 26 heavy (non-hydrogen) atoms. The van der Waals surface area contributed by atoms with Crippen LogP contribution in [0.4, 0.5) is 5.69 Å². The summed E-state index contributed by atoms with van der Waals surface area (Å²) in [6.07, 6.45) is 0. The SMILES string of the molecule is Cc1ccc(S(=O)(=O)Nc2cc(-c3ccc(Cl)cc3)sc2C(N)=O)cc1.